The molecule has 238 valence electrons. The fourth-order valence-corrected chi connectivity index (χ4v) is 5.89. The van der Waals surface area contributed by atoms with E-state index >= 15 is 0 Å². The van der Waals surface area contributed by atoms with E-state index in [-0.39, 0.29) is 35.8 Å². The topological polar surface area (TPSA) is 211 Å². The van der Waals surface area contributed by atoms with Crippen LogP contribution in [0.3, 0.4) is 0 Å². The summed E-state index contributed by atoms with van der Waals surface area (Å²) in [7, 11) is 2.67. The summed E-state index contributed by atoms with van der Waals surface area (Å²) in [5.41, 5.74) is -4.14. The molecule has 14 heteroatoms. The highest BCUT2D eigenvalue weighted by atomic mass is 16.7. The second-order valence-corrected chi connectivity index (χ2v) is 11.4. The second-order valence-electron chi connectivity index (χ2n) is 11.4. The predicted molar refractivity (Wildman–Crippen MR) is 145 cm³/mol. The highest BCUT2D eigenvalue weighted by Gasteiger charge is 2.72. The molecule has 43 heavy (non-hydrogen) atoms. The quantitative estimate of drug-likeness (QED) is 0.122. The van der Waals surface area contributed by atoms with Crippen LogP contribution in [-0.2, 0) is 23.8 Å². The summed E-state index contributed by atoms with van der Waals surface area (Å²) < 4.78 is 32.0. The number of rotatable bonds is 9. The minimum atomic E-state index is -1.74. The van der Waals surface area contributed by atoms with Gasteiger partial charge in [-0.15, -0.1) is 0 Å². The van der Waals surface area contributed by atoms with Gasteiger partial charge in [-0.3, -0.25) is 4.79 Å². The molecule has 2 bridgehead atoms. The summed E-state index contributed by atoms with van der Waals surface area (Å²) in [6.07, 6.45) is -4.76. The van der Waals surface area contributed by atoms with Crippen molar-refractivity contribution >= 4 is 11.9 Å². The predicted octanol–water partition coefficient (Wildman–Crippen LogP) is -0.151. The molecule has 1 aromatic carbocycles. The van der Waals surface area contributed by atoms with Crippen LogP contribution in [0, 0.1) is 5.41 Å². The molecule has 2 saturated heterocycles. The van der Waals surface area contributed by atoms with Crippen molar-refractivity contribution in [1.29, 1.82) is 0 Å². The Labute approximate surface area is 247 Å². The first-order chi connectivity index (χ1) is 20.1. The number of hydrogen-bond donors (Lipinski definition) is 6. The summed E-state index contributed by atoms with van der Waals surface area (Å²) in [5, 5.41) is 63.1. The lowest BCUT2D eigenvalue weighted by Crippen LogP contribution is -2.61. The van der Waals surface area contributed by atoms with Crippen molar-refractivity contribution in [3.63, 3.8) is 0 Å². The van der Waals surface area contributed by atoms with Gasteiger partial charge in [0.05, 0.1) is 20.3 Å². The number of esters is 2. The van der Waals surface area contributed by atoms with Gasteiger partial charge in [0, 0.05) is 24.6 Å². The maximum atomic E-state index is 12.6. The number of methoxy groups -OCH3 is 2. The highest BCUT2D eigenvalue weighted by molar-refractivity contribution is 5.84. The molecule has 0 unspecified atom stereocenters. The molecule has 2 aliphatic heterocycles. The highest BCUT2D eigenvalue weighted by Crippen LogP contribution is 2.58. The van der Waals surface area contributed by atoms with Gasteiger partial charge >= 0.3 is 11.9 Å². The van der Waals surface area contributed by atoms with Crippen LogP contribution in [0.1, 0.15) is 33.6 Å². The van der Waals surface area contributed by atoms with E-state index in [1.165, 1.54) is 45.4 Å². The number of hydrogen-bond acceptors (Lipinski definition) is 14. The van der Waals surface area contributed by atoms with Crippen molar-refractivity contribution in [1.82, 2.24) is 0 Å². The average Bonchev–Trinajstić information content (AvgIpc) is 3.00. The molecule has 0 amide bonds. The number of allylic oxidation sites excluding steroid dienone is 2. The number of aliphatic hydroxyl groups excluding tert-OH is 4. The monoisotopic (exact) mass is 610 g/mol. The Kier molecular flexibility index (Phi) is 9.03. The average molecular weight is 611 g/mol. The number of carbonyl (C=O) groups is 2. The van der Waals surface area contributed by atoms with E-state index in [2.05, 4.69) is 0 Å². The zero-order chi connectivity index (χ0) is 31.9. The van der Waals surface area contributed by atoms with Gasteiger partial charge in [-0.25, -0.2) is 4.79 Å². The zero-order valence-corrected chi connectivity index (χ0v) is 24.4. The van der Waals surface area contributed by atoms with E-state index < -0.39 is 72.0 Å². The van der Waals surface area contributed by atoms with Crippen LogP contribution >= 0.6 is 0 Å². The summed E-state index contributed by atoms with van der Waals surface area (Å²) in [6, 6.07) is 2.52. The van der Waals surface area contributed by atoms with Gasteiger partial charge in [0.2, 0.25) is 12.0 Å². The Morgan fingerprint density at radius 2 is 1.77 bits per heavy atom. The fraction of sp³-hybridized carbons (Fsp3) is 0.586. The van der Waals surface area contributed by atoms with Gasteiger partial charge in [0.15, 0.2) is 11.5 Å². The van der Waals surface area contributed by atoms with E-state index in [0.29, 0.717) is 5.57 Å². The van der Waals surface area contributed by atoms with Crippen molar-refractivity contribution in [2.75, 3.05) is 20.8 Å². The van der Waals surface area contributed by atoms with Crippen LogP contribution in [0.4, 0.5) is 0 Å². The summed E-state index contributed by atoms with van der Waals surface area (Å²) >= 11 is 0. The molecule has 6 N–H and O–H groups in total. The molecule has 1 aromatic rings. The number of aromatic hydroxyl groups is 1. The summed E-state index contributed by atoms with van der Waals surface area (Å²) in [4.78, 5) is 25.1. The Hall–Kier alpha value is -3.40. The smallest absolute Gasteiger partial charge is 0.331 e. The molecule has 3 fully saturated rings. The molecule has 0 aromatic heterocycles. The Balaban J connectivity index is 1.41. The standard InChI is InChI=1S/C29H38O14/c1-14(6-7-29(37)27(2)11-15(30)12-28(29,3)43-26(27)36)8-20(32)40-13-19-21(33)22(34)23(35)25(42-19)41-16-9-17(31)24(39-5)18(10-16)38-4/h6-10,15,19,21-23,25,30-31,33-35,37H,11-13H2,1-5H3/b7-6+,14-8+/t15-,19+,21+,22-,23+,25+,27+,28+,29-/m0/s1. The Morgan fingerprint density at radius 3 is 2.40 bits per heavy atom. The first-order valence-corrected chi connectivity index (χ1v) is 13.6. The van der Waals surface area contributed by atoms with Crippen molar-refractivity contribution in [3.8, 4) is 23.0 Å². The number of phenols is 1. The van der Waals surface area contributed by atoms with E-state index in [4.69, 9.17) is 28.4 Å². The number of benzene rings is 1. The SMILES string of the molecule is COc1cc(O[C@@H]2O[C@H](COC(=O)/C=C(C)/C=C/[C@@]3(O)[C@@]4(C)C[C@@H](O)C[C@]3(C)C(=O)O4)[C@@H](O)[C@H](O)[C@H]2O)cc(O)c1OC. The lowest BCUT2D eigenvalue weighted by Gasteiger charge is -2.47. The van der Waals surface area contributed by atoms with Gasteiger partial charge in [0.1, 0.15) is 53.4 Å². The molecule has 0 spiro atoms. The lowest BCUT2D eigenvalue weighted by atomic mass is 9.59. The Bertz CT molecular complexity index is 1290. The Morgan fingerprint density at radius 1 is 1.07 bits per heavy atom. The minimum absolute atomic E-state index is 0.00914. The number of ether oxygens (including phenoxy) is 6. The van der Waals surface area contributed by atoms with E-state index in [0.717, 1.165) is 6.08 Å². The minimum Gasteiger partial charge on any atom is -0.504 e. The molecule has 9 atom stereocenters. The number of carbonyl (C=O) groups excluding carboxylic acids is 2. The summed E-state index contributed by atoms with van der Waals surface area (Å²) in [5.74, 6) is -1.65. The van der Waals surface area contributed by atoms with Crippen LogP contribution in [0.25, 0.3) is 0 Å². The molecule has 4 rings (SSSR count). The van der Waals surface area contributed by atoms with Crippen molar-refractivity contribution in [2.24, 2.45) is 5.41 Å². The van der Waals surface area contributed by atoms with Gasteiger partial charge in [-0.2, -0.15) is 0 Å². The van der Waals surface area contributed by atoms with Crippen LogP contribution < -0.4 is 14.2 Å². The van der Waals surface area contributed by atoms with Gasteiger partial charge in [0.25, 0.3) is 0 Å². The third kappa shape index (κ3) is 5.78. The van der Waals surface area contributed by atoms with Crippen LogP contribution in [0.2, 0.25) is 0 Å². The van der Waals surface area contributed by atoms with E-state index in [1.54, 1.807) is 13.8 Å². The maximum absolute atomic E-state index is 12.6. The molecule has 0 radical (unpaired) electrons. The molecule has 2 heterocycles. The summed E-state index contributed by atoms with van der Waals surface area (Å²) in [6.45, 7) is 4.09. The van der Waals surface area contributed by atoms with Gasteiger partial charge in [-0.05, 0) is 38.8 Å². The van der Waals surface area contributed by atoms with Crippen LogP contribution in [-0.4, -0.2) is 111 Å². The van der Waals surface area contributed by atoms with E-state index in [1.807, 2.05) is 0 Å². The van der Waals surface area contributed by atoms with Crippen LogP contribution in [0.15, 0.2) is 35.9 Å². The van der Waals surface area contributed by atoms with E-state index in [9.17, 15) is 40.2 Å². The third-order valence-electron chi connectivity index (χ3n) is 8.36. The van der Waals surface area contributed by atoms with Crippen molar-refractivity contribution in [2.45, 2.75) is 81.6 Å². The van der Waals surface area contributed by atoms with Gasteiger partial charge in [-0.1, -0.05) is 6.08 Å². The largest absolute Gasteiger partial charge is 0.504 e. The van der Waals surface area contributed by atoms with Crippen molar-refractivity contribution in [3.05, 3.63) is 35.9 Å². The third-order valence-corrected chi connectivity index (χ3v) is 8.36. The number of aliphatic hydroxyl groups is 5. The second kappa shape index (κ2) is 11.9. The molecular weight excluding hydrogens is 572 g/mol. The van der Waals surface area contributed by atoms with Crippen LogP contribution in [0.5, 0.6) is 23.0 Å². The zero-order valence-electron chi connectivity index (χ0n) is 24.4. The molecule has 1 saturated carbocycles. The number of fused-ring (bicyclic) bond motifs is 2. The molecule has 3 aliphatic rings. The first kappa shape index (κ1) is 32.5. The van der Waals surface area contributed by atoms with Gasteiger partial charge < -0.3 is 59.1 Å². The molecule has 1 aliphatic carbocycles. The molecule has 14 nitrogen and oxygen atoms in total. The fourth-order valence-electron chi connectivity index (χ4n) is 5.89. The first-order valence-electron chi connectivity index (χ1n) is 13.6. The lowest BCUT2D eigenvalue weighted by molar-refractivity contribution is -0.278. The maximum Gasteiger partial charge on any atom is 0.331 e. The number of phenolic OH excluding ortho intramolecular Hbond substituents is 1. The van der Waals surface area contributed by atoms with Crippen molar-refractivity contribution < 1.29 is 68.6 Å². The molecular formula is C29H38O14. The normalized spacial score (nSPS) is 37.6.